The third-order valence-corrected chi connectivity index (χ3v) is 8.81. The molecule has 4 aromatic rings. The number of carbonyl (C=O) groups is 1. The fourth-order valence-corrected chi connectivity index (χ4v) is 6.29. The molecular weight excluding hydrogens is 624 g/mol. The number of benzene rings is 3. The van der Waals surface area contributed by atoms with E-state index >= 15 is 0 Å². The van der Waals surface area contributed by atoms with Gasteiger partial charge in [0.2, 0.25) is 0 Å². The molecule has 1 fully saturated rings. The average molecular weight is 665 g/mol. The number of piperidine rings is 1. The minimum absolute atomic E-state index is 0. The van der Waals surface area contributed by atoms with E-state index in [-0.39, 0.29) is 38.7 Å². The number of hydrogen-bond acceptors (Lipinski definition) is 8. The first-order valence-corrected chi connectivity index (χ1v) is 15.9. The van der Waals surface area contributed by atoms with Gasteiger partial charge in [-0.15, -0.1) is 0 Å². The van der Waals surface area contributed by atoms with Crippen molar-refractivity contribution in [2.75, 3.05) is 32.7 Å². The zero-order valence-electron chi connectivity index (χ0n) is 25.7. The van der Waals surface area contributed by atoms with E-state index in [1.807, 2.05) is 30.3 Å². The number of carbonyl (C=O) groups excluding carboxylic acids is 1. The number of oxazole rings is 1. The van der Waals surface area contributed by atoms with E-state index in [9.17, 15) is 9.90 Å². The molecule has 0 radical (unpaired) electrons. The molecule has 0 bridgehead atoms. The Bertz CT molecular complexity index is 1530. The number of hydrogen-bond donors (Lipinski definition) is 2. The van der Waals surface area contributed by atoms with Gasteiger partial charge in [0, 0.05) is 51.4 Å². The summed E-state index contributed by atoms with van der Waals surface area (Å²) in [7, 11) is 0. The SMILES string of the molecule is O=C(NC[C@H](O)CN1CCc2c(ccc(OCc3cnco3)c2Cl)C1)c1ccc(OC2CCN(Cc3ccccc3)CC2)cc1.S. The van der Waals surface area contributed by atoms with Crippen LogP contribution in [0.2, 0.25) is 5.02 Å². The molecule has 1 saturated heterocycles. The van der Waals surface area contributed by atoms with Crippen molar-refractivity contribution in [1.29, 1.82) is 0 Å². The van der Waals surface area contributed by atoms with Crippen LogP contribution in [-0.2, 0) is 26.1 Å². The van der Waals surface area contributed by atoms with Crippen molar-refractivity contribution in [2.45, 2.75) is 51.2 Å². The highest BCUT2D eigenvalue weighted by molar-refractivity contribution is 7.59. The molecule has 46 heavy (non-hydrogen) atoms. The molecule has 1 amide bonds. The second-order valence-electron chi connectivity index (χ2n) is 11.7. The zero-order valence-corrected chi connectivity index (χ0v) is 27.5. The Morgan fingerprint density at radius 2 is 1.83 bits per heavy atom. The summed E-state index contributed by atoms with van der Waals surface area (Å²) in [5.41, 5.74) is 4.04. The number of nitrogens with zero attached hydrogens (tertiary/aromatic N) is 3. The highest BCUT2D eigenvalue weighted by atomic mass is 35.5. The number of ether oxygens (including phenoxy) is 2. The molecule has 1 aromatic heterocycles. The lowest BCUT2D eigenvalue weighted by molar-refractivity contribution is 0.0841. The molecule has 3 heterocycles. The number of rotatable bonds is 12. The van der Waals surface area contributed by atoms with E-state index in [4.69, 9.17) is 25.5 Å². The predicted molar refractivity (Wildman–Crippen MR) is 182 cm³/mol. The van der Waals surface area contributed by atoms with Gasteiger partial charge >= 0.3 is 0 Å². The standard InChI is InChI=1S/C35H39ClN4O5.H2S/c36-34-32-14-17-40(21-27(32)8-11-33(34)43-23-31-19-37-24-44-31)22-28(41)18-38-35(42)26-6-9-29(10-7-26)45-30-12-15-39(16-13-30)20-25-4-2-1-3-5-25;/h1-11,19,24,28,30,41H,12-18,20-23H2,(H,38,42);1H2/t28-;/m0./s1. The second kappa shape index (κ2) is 16.3. The van der Waals surface area contributed by atoms with Crippen molar-refractivity contribution in [3.05, 3.63) is 112 Å². The molecule has 1 atom stereocenters. The van der Waals surface area contributed by atoms with E-state index in [1.165, 1.54) is 12.0 Å². The summed E-state index contributed by atoms with van der Waals surface area (Å²) in [5, 5.41) is 14.2. The van der Waals surface area contributed by atoms with E-state index < -0.39 is 6.10 Å². The Kier molecular flexibility index (Phi) is 12.0. The van der Waals surface area contributed by atoms with Gasteiger partial charge in [-0.05, 0) is 66.3 Å². The molecule has 244 valence electrons. The van der Waals surface area contributed by atoms with E-state index in [2.05, 4.69) is 44.4 Å². The second-order valence-corrected chi connectivity index (χ2v) is 12.1. The maximum atomic E-state index is 12.8. The topological polar surface area (TPSA) is 100 Å². The quantitative estimate of drug-likeness (QED) is 0.213. The van der Waals surface area contributed by atoms with Gasteiger partial charge in [-0.2, -0.15) is 13.5 Å². The number of aromatic nitrogens is 1. The van der Waals surface area contributed by atoms with Crippen molar-refractivity contribution < 1.29 is 23.8 Å². The van der Waals surface area contributed by atoms with Crippen LogP contribution in [0.1, 0.15) is 45.7 Å². The highest BCUT2D eigenvalue weighted by Gasteiger charge is 2.24. The van der Waals surface area contributed by atoms with Crippen molar-refractivity contribution in [3.63, 3.8) is 0 Å². The molecule has 2 aliphatic rings. The smallest absolute Gasteiger partial charge is 0.251 e. The number of nitrogens with one attached hydrogen (secondary N) is 1. The van der Waals surface area contributed by atoms with Crippen molar-refractivity contribution >= 4 is 31.0 Å². The molecule has 2 N–H and O–H groups in total. The first-order valence-electron chi connectivity index (χ1n) is 15.5. The van der Waals surface area contributed by atoms with Crippen LogP contribution in [0.3, 0.4) is 0 Å². The monoisotopic (exact) mass is 664 g/mol. The fraction of sp³-hybridized carbons (Fsp3) is 0.371. The Morgan fingerprint density at radius 3 is 2.57 bits per heavy atom. The van der Waals surface area contributed by atoms with Crippen molar-refractivity contribution in [2.24, 2.45) is 0 Å². The molecule has 0 spiro atoms. The van der Waals surface area contributed by atoms with Gasteiger partial charge in [-0.3, -0.25) is 14.6 Å². The van der Waals surface area contributed by atoms with E-state index in [0.29, 0.717) is 35.2 Å². The predicted octanol–water partition coefficient (Wildman–Crippen LogP) is 5.21. The summed E-state index contributed by atoms with van der Waals surface area (Å²) in [6, 6.07) is 21.7. The summed E-state index contributed by atoms with van der Waals surface area (Å²) in [6.45, 7) is 5.25. The van der Waals surface area contributed by atoms with Crippen LogP contribution in [0.4, 0.5) is 0 Å². The van der Waals surface area contributed by atoms with Gasteiger partial charge in [0.25, 0.3) is 5.91 Å². The molecule has 0 saturated carbocycles. The summed E-state index contributed by atoms with van der Waals surface area (Å²) in [6.07, 6.45) is 5.14. The maximum absolute atomic E-state index is 12.8. The normalized spacial score (nSPS) is 16.2. The number of fused-ring (bicyclic) bond motifs is 1. The van der Waals surface area contributed by atoms with Gasteiger partial charge in [0.1, 0.15) is 24.2 Å². The minimum atomic E-state index is -0.703. The van der Waals surface area contributed by atoms with Crippen LogP contribution < -0.4 is 14.8 Å². The summed E-state index contributed by atoms with van der Waals surface area (Å²) < 4.78 is 17.3. The Hall–Kier alpha value is -3.54. The number of β-amino-alcohol motifs (C(OH)–C–C–N with tert-alkyl or cyclic N) is 1. The van der Waals surface area contributed by atoms with Crippen molar-refractivity contribution in [1.82, 2.24) is 20.1 Å². The molecule has 9 nitrogen and oxygen atoms in total. The number of aliphatic hydroxyl groups excluding tert-OH is 1. The number of aliphatic hydroxyl groups is 1. The number of amides is 1. The summed E-state index contributed by atoms with van der Waals surface area (Å²) >= 11 is 6.66. The van der Waals surface area contributed by atoms with Crippen LogP contribution in [0.25, 0.3) is 0 Å². The Balaban J connectivity index is 0.00000417. The number of likely N-dealkylation sites (tertiary alicyclic amines) is 1. The Labute approximate surface area is 281 Å². The van der Waals surface area contributed by atoms with Crippen LogP contribution in [0.15, 0.2) is 83.7 Å². The maximum Gasteiger partial charge on any atom is 0.251 e. The van der Waals surface area contributed by atoms with E-state index in [0.717, 1.165) is 62.3 Å². The first-order chi connectivity index (χ1) is 22.0. The lowest BCUT2D eigenvalue weighted by Crippen LogP contribution is -2.42. The van der Waals surface area contributed by atoms with E-state index in [1.54, 1.807) is 18.3 Å². The average Bonchev–Trinajstić information content (AvgIpc) is 3.59. The van der Waals surface area contributed by atoms with Crippen LogP contribution in [0, 0.1) is 0 Å². The molecule has 3 aromatic carbocycles. The molecule has 0 unspecified atom stereocenters. The number of halogens is 1. The lowest BCUT2D eigenvalue weighted by atomic mass is 9.99. The van der Waals surface area contributed by atoms with Gasteiger partial charge in [-0.25, -0.2) is 4.98 Å². The van der Waals surface area contributed by atoms with Crippen LogP contribution in [0.5, 0.6) is 11.5 Å². The molecule has 0 aliphatic carbocycles. The van der Waals surface area contributed by atoms with Crippen molar-refractivity contribution in [3.8, 4) is 11.5 Å². The summed E-state index contributed by atoms with van der Waals surface area (Å²) in [4.78, 5) is 21.3. The van der Waals surface area contributed by atoms with Gasteiger partial charge in [0.15, 0.2) is 12.2 Å². The fourth-order valence-electron chi connectivity index (χ4n) is 5.96. The van der Waals surface area contributed by atoms with Crippen LogP contribution >= 0.6 is 25.1 Å². The van der Waals surface area contributed by atoms with Crippen LogP contribution in [-0.4, -0.2) is 70.7 Å². The van der Waals surface area contributed by atoms with Gasteiger partial charge in [0.05, 0.1) is 17.3 Å². The molecule has 6 rings (SSSR count). The largest absolute Gasteiger partial charge is 0.490 e. The van der Waals surface area contributed by atoms with Gasteiger partial charge < -0.3 is 24.3 Å². The third kappa shape index (κ3) is 9.04. The Morgan fingerprint density at radius 1 is 1.04 bits per heavy atom. The zero-order chi connectivity index (χ0) is 31.0. The van der Waals surface area contributed by atoms with Gasteiger partial charge in [-0.1, -0.05) is 48.0 Å². The first kappa shape index (κ1) is 33.8. The molecule has 2 aliphatic heterocycles. The summed E-state index contributed by atoms with van der Waals surface area (Å²) in [5.74, 6) is 1.79. The molecular formula is C35H41ClN4O5S. The third-order valence-electron chi connectivity index (χ3n) is 8.40. The lowest BCUT2D eigenvalue weighted by Gasteiger charge is -2.32. The highest BCUT2D eigenvalue weighted by Crippen LogP contribution is 2.34. The molecule has 11 heteroatoms. The minimum Gasteiger partial charge on any atom is -0.490 e.